The van der Waals surface area contributed by atoms with E-state index in [0.29, 0.717) is 25.4 Å². The van der Waals surface area contributed by atoms with E-state index < -0.39 is 10.0 Å². The number of nitrogens with zero attached hydrogens (tertiary/aromatic N) is 1. The van der Waals surface area contributed by atoms with Gasteiger partial charge in [0.15, 0.2) is 0 Å². The second-order valence-electron chi connectivity index (χ2n) is 5.65. The topological polar surface area (TPSA) is 92.5 Å². The molecule has 0 spiro atoms. The van der Waals surface area contributed by atoms with Crippen LogP contribution in [0.5, 0.6) is 0 Å². The molecule has 0 bridgehead atoms. The zero-order valence-electron chi connectivity index (χ0n) is 13.9. The van der Waals surface area contributed by atoms with E-state index in [0.717, 1.165) is 4.88 Å². The minimum atomic E-state index is -3.49. The molecule has 3 N–H and O–H groups in total. The molecule has 0 saturated heterocycles. The van der Waals surface area contributed by atoms with E-state index in [9.17, 15) is 13.2 Å². The molecule has 23 heavy (non-hydrogen) atoms. The highest BCUT2D eigenvalue weighted by atomic mass is 35.5. The SMILES string of the molecule is CC(=O)NCc1ccc(S(=O)(=O)N(C)CCC(N)C(C)C)s1.Cl. The maximum Gasteiger partial charge on any atom is 0.252 e. The Morgan fingerprint density at radius 1 is 1.39 bits per heavy atom. The number of carbonyl (C=O) groups is 1. The number of amides is 1. The van der Waals surface area contributed by atoms with Gasteiger partial charge < -0.3 is 11.1 Å². The number of hydrogen-bond donors (Lipinski definition) is 2. The molecule has 0 saturated carbocycles. The minimum absolute atomic E-state index is 0. The van der Waals surface area contributed by atoms with Crippen molar-refractivity contribution in [2.45, 2.75) is 44.0 Å². The molecule has 0 radical (unpaired) electrons. The Hall–Kier alpha value is -0.670. The van der Waals surface area contributed by atoms with Gasteiger partial charge in [0, 0.05) is 31.4 Å². The van der Waals surface area contributed by atoms with E-state index in [4.69, 9.17) is 5.73 Å². The molecule has 1 atom stereocenters. The van der Waals surface area contributed by atoms with Gasteiger partial charge in [-0.05, 0) is 24.5 Å². The molecule has 0 aliphatic rings. The first kappa shape index (κ1) is 22.3. The highest BCUT2D eigenvalue weighted by Crippen LogP contribution is 2.24. The largest absolute Gasteiger partial charge is 0.351 e. The predicted molar refractivity (Wildman–Crippen MR) is 96.3 cm³/mol. The lowest BCUT2D eigenvalue weighted by Crippen LogP contribution is -2.34. The van der Waals surface area contributed by atoms with Crippen LogP contribution < -0.4 is 11.1 Å². The van der Waals surface area contributed by atoms with Gasteiger partial charge in [-0.3, -0.25) is 4.79 Å². The molecule has 6 nitrogen and oxygen atoms in total. The van der Waals surface area contributed by atoms with Crippen LogP contribution in [0.25, 0.3) is 0 Å². The second-order valence-corrected chi connectivity index (χ2v) is 9.09. The molecule has 1 rings (SSSR count). The molecule has 1 aromatic heterocycles. The monoisotopic (exact) mass is 383 g/mol. The minimum Gasteiger partial charge on any atom is -0.351 e. The van der Waals surface area contributed by atoms with Crippen molar-refractivity contribution in [2.24, 2.45) is 11.7 Å². The number of carbonyl (C=O) groups excluding carboxylic acids is 1. The number of rotatable bonds is 8. The first-order valence-electron chi connectivity index (χ1n) is 7.19. The number of nitrogens with one attached hydrogen (secondary N) is 1. The first-order chi connectivity index (χ1) is 10.1. The van der Waals surface area contributed by atoms with Crippen LogP contribution in [-0.4, -0.2) is 38.3 Å². The lowest BCUT2D eigenvalue weighted by Gasteiger charge is -2.20. The normalized spacial score (nSPS) is 13.0. The Bertz CT molecular complexity index is 602. The molecule has 9 heteroatoms. The molecule has 0 aliphatic carbocycles. The molecular formula is C14H26ClN3O3S2. The third-order valence-electron chi connectivity index (χ3n) is 3.45. The fourth-order valence-corrected chi connectivity index (χ4v) is 4.43. The third-order valence-corrected chi connectivity index (χ3v) is 6.86. The van der Waals surface area contributed by atoms with Gasteiger partial charge in [-0.15, -0.1) is 23.7 Å². The average Bonchev–Trinajstić information content (AvgIpc) is 2.91. The number of hydrogen-bond acceptors (Lipinski definition) is 5. The summed E-state index contributed by atoms with van der Waals surface area (Å²) in [4.78, 5) is 11.7. The smallest absolute Gasteiger partial charge is 0.252 e. The van der Waals surface area contributed by atoms with Crippen molar-refractivity contribution in [3.63, 3.8) is 0 Å². The van der Waals surface area contributed by atoms with Crippen LogP contribution in [0.4, 0.5) is 0 Å². The van der Waals surface area contributed by atoms with Gasteiger partial charge in [0.2, 0.25) is 5.91 Å². The van der Waals surface area contributed by atoms with Gasteiger partial charge in [-0.25, -0.2) is 12.7 Å². The van der Waals surface area contributed by atoms with Crippen LogP contribution in [0.15, 0.2) is 16.3 Å². The molecular weight excluding hydrogens is 358 g/mol. The standard InChI is InChI=1S/C14H25N3O3S2.ClH/c1-10(2)13(15)7-8-17(4)22(19,20)14-6-5-12(21-14)9-16-11(3)18;/h5-6,10,13H,7-9,15H2,1-4H3,(H,16,18);1H. The molecule has 0 aromatic carbocycles. The number of nitrogens with two attached hydrogens (primary N) is 1. The summed E-state index contributed by atoms with van der Waals surface area (Å²) in [6, 6.07) is 3.29. The third kappa shape index (κ3) is 6.76. The Balaban J connectivity index is 0.00000484. The van der Waals surface area contributed by atoms with Crippen molar-refractivity contribution < 1.29 is 13.2 Å². The fourth-order valence-electron chi connectivity index (χ4n) is 1.74. The summed E-state index contributed by atoms with van der Waals surface area (Å²) in [7, 11) is -1.93. The number of thiophene rings is 1. The van der Waals surface area contributed by atoms with E-state index in [1.807, 2.05) is 13.8 Å². The highest BCUT2D eigenvalue weighted by Gasteiger charge is 2.23. The van der Waals surface area contributed by atoms with Crippen molar-refractivity contribution in [1.29, 1.82) is 0 Å². The zero-order chi connectivity index (χ0) is 16.9. The predicted octanol–water partition coefficient (Wildman–Crippen LogP) is 1.80. The van der Waals surface area contributed by atoms with E-state index >= 15 is 0 Å². The van der Waals surface area contributed by atoms with E-state index in [1.54, 1.807) is 19.2 Å². The van der Waals surface area contributed by atoms with E-state index in [-0.39, 0.29) is 28.6 Å². The van der Waals surface area contributed by atoms with Crippen LogP contribution in [0.2, 0.25) is 0 Å². The molecule has 0 fully saturated rings. The molecule has 1 amide bonds. The molecule has 134 valence electrons. The quantitative estimate of drug-likeness (QED) is 0.715. The highest BCUT2D eigenvalue weighted by molar-refractivity contribution is 7.91. The Kier molecular flexibility index (Phi) is 9.30. The van der Waals surface area contributed by atoms with Gasteiger partial charge in [-0.1, -0.05) is 13.8 Å². The molecule has 0 aliphatic heterocycles. The lowest BCUT2D eigenvalue weighted by atomic mass is 10.0. The van der Waals surface area contributed by atoms with Crippen molar-refractivity contribution in [3.05, 3.63) is 17.0 Å². The van der Waals surface area contributed by atoms with Gasteiger partial charge in [0.05, 0.1) is 6.54 Å². The second kappa shape index (κ2) is 9.58. The van der Waals surface area contributed by atoms with Crippen molar-refractivity contribution in [2.75, 3.05) is 13.6 Å². The van der Waals surface area contributed by atoms with Crippen molar-refractivity contribution in [3.8, 4) is 0 Å². The summed E-state index contributed by atoms with van der Waals surface area (Å²) >= 11 is 1.18. The Morgan fingerprint density at radius 3 is 2.52 bits per heavy atom. The van der Waals surface area contributed by atoms with E-state index in [2.05, 4.69) is 5.32 Å². The van der Waals surface area contributed by atoms with Crippen LogP contribution in [0.1, 0.15) is 32.1 Å². The van der Waals surface area contributed by atoms with Crippen molar-refractivity contribution in [1.82, 2.24) is 9.62 Å². The summed E-state index contributed by atoms with van der Waals surface area (Å²) in [5, 5.41) is 2.65. The maximum absolute atomic E-state index is 12.5. The fraction of sp³-hybridized carbons (Fsp3) is 0.643. The number of halogens is 1. The Labute approximate surface area is 148 Å². The average molecular weight is 384 g/mol. The van der Waals surface area contributed by atoms with Crippen LogP contribution in [0.3, 0.4) is 0 Å². The Morgan fingerprint density at radius 2 is 2.00 bits per heavy atom. The lowest BCUT2D eigenvalue weighted by molar-refractivity contribution is -0.119. The summed E-state index contributed by atoms with van der Waals surface area (Å²) in [6.07, 6.45) is 0.623. The van der Waals surface area contributed by atoms with Crippen LogP contribution in [0, 0.1) is 5.92 Å². The van der Waals surface area contributed by atoms with Gasteiger partial charge in [0.1, 0.15) is 4.21 Å². The maximum atomic E-state index is 12.5. The van der Waals surface area contributed by atoms with Gasteiger partial charge in [0.25, 0.3) is 10.0 Å². The summed E-state index contributed by atoms with van der Waals surface area (Å²) in [5.74, 6) is 0.180. The van der Waals surface area contributed by atoms with Crippen LogP contribution in [-0.2, 0) is 21.4 Å². The van der Waals surface area contributed by atoms with Crippen molar-refractivity contribution >= 4 is 39.7 Å². The molecule has 1 heterocycles. The molecule has 1 unspecified atom stereocenters. The van der Waals surface area contributed by atoms with Crippen LogP contribution >= 0.6 is 23.7 Å². The number of sulfonamides is 1. The van der Waals surface area contributed by atoms with Gasteiger partial charge in [-0.2, -0.15) is 0 Å². The zero-order valence-corrected chi connectivity index (χ0v) is 16.4. The summed E-state index contributed by atoms with van der Waals surface area (Å²) < 4.78 is 26.6. The summed E-state index contributed by atoms with van der Waals surface area (Å²) in [5.41, 5.74) is 5.96. The van der Waals surface area contributed by atoms with Gasteiger partial charge >= 0.3 is 0 Å². The first-order valence-corrected chi connectivity index (χ1v) is 9.45. The van der Waals surface area contributed by atoms with E-state index in [1.165, 1.54) is 22.6 Å². The summed E-state index contributed by atoms with van der Waals surface area (Å²) in [6.45, 7) is 6.20. The molecule has 1 aromatic rings.